The third-order valence-electron chi connectivity index (χ3n) is 6.03. The van der Waals surface area contributed by atoms with Crippen LogP contribution in [0.1, 0.15) is 32.8 Å². The number of rotatable bonds is 6. The first-order valence-corrected chi connectivity index (χ1v) is 12.7. The number of likely N-dealkylation sites (tertiary alicyclic amines) is 1. The highest BCUT2D eigenvalue weighted by Crippen LogP contribution is 2.30. The second-order valence-electron chi connectivity index (χ2n) is 9.85. The van der Waals surface area contributed by atoms with Gasteiger partial charge in [-0.15, -0.1) is 0 Å². The molecular formula is C25H29F3N2O4S. The first kappa shape index (κ1) is 25.7. The van der Waals surface area contributed by atoms with Gasteiger partial charge < -0.3 is 14.4 Å². The van der Waals surface area contributed by atoms with Crippen LogP contribution < -0.4 is 4.72 Å². The van der Waals surface area contributed by atoms with Gasteiger partial charge in [0.05, 0.1) is 35.5 Å². The molecule has 0 bridgehead atoms. The normalized spacial score (nSPS) is 21.6. The van der Waals surface area contributed by atoms with Crippen LogP contribution in [0.25, 0.3) is 11.1 Å². The zero-order chi connectivity index (χ0) is 25.3. The molecule has 0 aromatic heterocycles. The number of carbonyl (C=O) groups is 1. The Balaban J connectivity index is 1.62. The van der Waals surface area contributed by atoms with Crippen LogP contribution in [0, 0.1) is 17.5 Å². The van der Waals surface area contributed by atoms with E-state index in [-0.39, 0.29) is 34.4 Å². The largest absolute Gasteiger partial charge is 0.444 e. The molecule has 0 saturated carbocycles. The van der Waals surface area contributed by atoms with Gasteiger partial charge in [-0.3, -0.25) is 0 Å². The zero-order valence-corrected chi connectivity index (χ0v) is 20.7. The van der Waals surface area contributed by atoms with Crippen molar-refractivity contribution in [2.24, 2.45) is 0 Å². The molecule has 2 saturated heterocycles. The molecule has 3 atom stereocenters. The Morgan fingerprint density at radius 3 is 2.46 bits per heavy atom. The van der Waals surface area contributed by atoms with Crippen LogP contribution in [0.15, 0.2) is 36.4 Å². The zero-order valence-electron chi connectivity index (χ0n) is 19.9. The van der Waals surface area contributed by atoms with Crippen molar-refractivity contribution >= 4 is 17.1 Å². The second kappa shape index (κ2) is 10.3. The minimum Gasteiger partial charge on any atom is -0.444 e. The molecule has 2 aromatic rings. The van der Waals surface area contributed by atoms with Crippen LogP contribution in [-0.4, -0.2) is 57.9 Å². The Morgan fingerprint density at radius 1 is 1.17 bits per heavy atom. The van der Waals surface area contributed by atoms with Crippen LogP contribution in [0.4, 0.5) is 18.0 Å². The Morgan fingerprint density at radius 2 is 1.86 bits per heavy atom. The first-order chi connectivity index (χ1) is 16.5. The number of carbonyl (C=O) groups excluding carboxylic acids is 1. The Bertz CT molecular complexity index is 1100. The fourth-order valence-electron chi connectivity index (χ4n) is 4.27. The van der Waals surface area contributed by atoms with Crippen molar-refractivity contribution in [1.82, 2.24) is 9.62 Å². The van der Waals surface area contributed by atoms with Gasteiger partial charge in [0.25, 0.3) is 0 Å². The van der Waals surface area contributed by atoms with Gasteiger partial charge in [-0.05, 0) is 56.9 Å². The van der Waals surface area contributed by atoms with Gasteiger partial charge >= 0.3 is 6.09 Å². The van der Waals surface area contributed by atoms with Crippen LogP contribution in [-0.2, 0) is 26.9 Å². The molecule has 0 spiro atoms. The topological polar surface area (TPSA) is 67.9 Å². The quantitative estimate of drug-likeness (QED) is 0.628. The van der Waals surface area contributed by atoms with Gasteiger partial charge in [-0.2, -0.15) is 0 Å². The number of halogens is 3. The van der Waals surface area contributed by atoms with Gasteiger partial charge in [0.15, 0.2) is 0 Å². The van der Waals surface area contributed by atoms with E-state index in [1.807, 2.05) is 0 Å². The molecule has 2 heterocycles. The van der Waals surface area contributed by atoms with Gasteiger partial charge in [0.2, 0.25) is 0 Å². The predicted octanol–water partition coefficient (Wildman–Crippen LogP) is 4.34. The maximum atomic E-state index is 15.6. The lowest BCUT2D eigenvalue weighted by atomic mass is 9.96. The SMILES string of the molecule is CC(C)(C)OC(=O)N1CC[C@H](NS(=O)C2COC2)[C@@H]1Cc1cccc(-c2cc(F)cc(F)c2)c1F. The molecule has 2 aliphatic rings. The number of hydrogen-bond donors (Lipinski definition) is 1. The third-order valence-corrected chi connectivity index (χ3v) is 7.45. The summed E-state index contributed by atoms with van der Waals surface area (Å²) >= 11 is 0. The molecule has 2 aliphatic heterocycles. The summed E-state index contributed by atoms with van der Waals surface area (Å²) in [5.74, 6) is -2.23. The molecule has 0 aliphatic carbocycles. The van der Waals surface area contributed by atoms with E-state index in [9.17, 15) is 17.8 Å². The Hall–Kier alpha value is -2.43. The molecule has 4 rings (SSSR count). The number of benzene rings is 2. The monoisotopic (exact) mass is 510 g/mol. The molecule has 190 valence electrons. The minimum atomic E-state index is -1.37. The maximum absolute atomic E-state index is 15.6. The van der Waals surface area contributed by atoms with Crippen molar-refractivity contribution in [2.45, 2.75) is 56.5 Å². The second-order valence-corrected chi connectivity index (χ2v) is 11.3. The van der Waals surface area contributed by atoms with Crippen LogP contribution >= 0.6 is 0 Å². The molecule has 2 aromatic carbocycles. The predicted molar refractivity (Wildman–Crippen MR) is 126 cm³/mol. The molecule has 2 fully saturated rings. The smallest absolute Gasteiger partial charge is 0.410 e. The van der Waals surface area contributed by atoms with Gasteiger partial charge in [-0.25, -0.2) is 26.9 Å². The summed E-state index contributed by atoms with van der Waals surface area (Å²) in [4.78, 5) is 14.5. The summed E-state index contributed by atoms with van der Waals surface area (Å²) in [6, 6.07) is 6.61. The fraction of sp³-hybridized carbons (Fsp3) is 0.480. The summed E-state index contributed by atoms with van der Waals surface area (Å²) in [5, 5.41) is -0.130. The van der Waals surface area contributed by atoms with E-state index in [1.165, 1.54) is 11.0 Å². The highest BCUT2D eigenvalue weighted by atomic mass is 32.2. The van der Waals surface area contributed by atoms with E-state index in [4.69, 9.17) is 9.47 Å². The van der Waals surface area contributed by atoms with Crippen LogP contribution in [0.3, 0.4) is 0 Å². The summed E-state index contributed by atoms with van der Waals surface area (Å²) in [6.45, 7) is 6.43. The third kappa shape index (κ3) is 6.05. The summed E-state index contributed by atoms with van der Waals surface area (Å²) in [6.07, 6.45) is 0.0835. The molecule has 6 nitrogen and oxygen atoms in total. The van der Waals surface area contributed by atoms with E-state index in [1.54, 1.807) is 32.9 Å². The van der Waals surface area contributed by atoms with Crippen LogP contribution in [0.5, 0.6) is 0 Å². The summed E-state index contributed by atoms with van der Waals surface area (Å²) in [5.41, 5.74) is -0.302. The van der Waals surface area contributed by atoms with E-state index in [0.29, 0.717) is 26.2 Å². The number of nitrogens with one attached hydrogen (secondary N) is 1. The van der Waals surface area contributed by atoms with E-state index < -0.39 is 46.2 Å². The summed E-state index contributed by atoms with van der Waals surface area (Å²) in [7, 11) is -1.37. The van der Waals surface area contributed by atoms with Crippen molar-refractivity contribution < 1.29 is 31.6 Å². The number of nitrogens with zero attached hydrogens (tertiary/aromatic N) is 1. The summed E-state index contributed by atoms with van der Waals surface area (Å²) < 4.78 is 69.6. The lowest BCUT2D eigenvalue weighted by Crippen LogP contribution is -2.51. The highest BCUT2D eigenvalue weighted by Gasteiger charge is 2.41. The molecule has 0 radical (unpaired) electrons. The number of ether oxygens (including phenoxy) is 2. The van der Waals surface area contributed by atoms with Crippen molar-refractivity contribution in [3.63, 3.8) is 0 Å². The van der Waals surface area contributed by atoms with Crippen molar-refractivity contribution in [2.75, 3.05) is 19.8 Å². The molecule has 35 heavy (non-hydrogen) atoms. The van der Waals surface area contributed by atoms with Crippen LogP contribution in [0.2, 0.25) is 0 Å². The van der Waals surface area contributed by atoms with E-state index in [0.717, 1.165) is 18.2 Å². The van der Waals surface area contributed by atoms with Crippen molar-refractivity contribution in [3.8, 4) is 11.1 Å². The Labute approximate surface area is 205 Å². The maximum Gasteiger partial charge on any atom is 0.410 e. The molecule has 1 N–H and O–H groups in total. The fourth-order valence-corrected chi connectivity index (χ4v) is 5.47. The minimum absolute atomic E-state index is 0.0578. The molecule has 1 unspecified atom stereocenters. The van der Waals surface area contributed by atoms with E-state index >= 15 is 4.39 Å². The highest BCUT2D eigenvalue weighted by molar-refractivity contribution is 7.83. The molecular weight excluding hydrogens is 481 g/mol. The van der Waals surface area contributed by atoms with Crippen molar-refractivity contribution in [3.05, 3.63) is 59.4 Å². The number of hydrogen-bond acceptors (Lipinski definition) is 4. The van der Waals surface area contributed by atoms with Gasteiger partial charge in [0, 0.05) is 24.2 Å². The Kier molecular flexibility index (Phi) is 7.54. The average Bonchev–Trinajstić information content (AvgIpc) is 3.08. The van der Waals surface area contributed by atoms with Gasteiger partial charge in [0.1, 0.15) is 23.1 Å². The van der Waals surface area contributed by atoms with Gasteiger partial charge in [-0.1, -0.05) is 18.2 Å². The van der Waals surface area contributed by atoms with Crippen molar-refractivity contribution in [1.29, 1.82) is 0 Å². The first-order valence-electron chi connectivity index (χ1n) is 11.5. The lowest BCUT2D eigenvalue weighted by molar-refractivity contribution is 0.0217. The average molecular weight is 511 g/mol. The number of amides is 1. The lowest BCUT2D eigenvalue weighted by Gasteiger charge is -2.32. The van der Waals surface area contributed by atoms with E-state index in [2.05, 4.69) is 4.72 Å². The molecule has 10 heteroatoms. The standard InChI is InChI=1S/C25H29F3N2O4S/c1-25(2,3)34-24(31)30-8-7-21(29-35(32)19-13-33-14-19)22(30)11-15-5-4-6-20(23(15)28)16-9-17(26)12-18(27)10-16/h4-6,9-10,12,19,21-22,29H,7-8,11,13-14H2,1-3H3/t21-,22-,35?/m0/s1. The molecule has 1 amide bonds.